The van der Waals surface area contributed by atoms with Crippen molar-refractivity contribution in [3.8, 4) is 17.7 Å². The van der Waals surface area contributed by atoms with Crippen LogP contribution in [-0.4, -0.2) is 46.9 Å². The van der Waals surface area contributed by atoms with Gasteiger partial charge in [-0.25, -0.2) is 0 Å². The molecule has 29 heavy (non-hydrogen) atoms. The molecule has 2 aliphatic carbocycles. The molecular formula is C21H18N2O6. The maximum absolute atomic E-state index is 12.9. The lowest BCUT2D eigenvalue weighted by Gasteiger charge is -2.60. The summed E-state index contributed by atoms with van der Waals surface area (Å²) < 4.78 is 17.4. The Morgan fingerprint density at radius 1 is 1.31 bits per heavy atom. The van der Waals surface area contributed by atoms with Crippen molar-refractivity contribution in [3.63, 3.8) is 0 Å². The number of hydrogen-bond acceptors (Lipinski definition) is 8. The predicted octanol–water partition coefficient (Wildman–Crippen LogP) is 1.16. The van der Waals surface area contributed by atoms with E-state index in [1.165, 1.54) is 19.9 Å². The van der Waals surface area contributed by atoms with Crippen LogP contribution in [0.5, 0.6) is 11.5 Å². The number of nitrogens with zero attached hydrogens (tertiary/aromatic N) is 2. The number of carbonyl (C=O) groups excluding carboxylic acids is 3. The summed E-state index contributed by atoms with van der Waals surface area (Å²) in [4.78, 5) is 38.3. The first-order valence-corrected chi connectivity index (χ1v) is 9.44. The molecule has 2 bridgehead atoms. The van der Waals surface area contributed by atoms with Gasteiger partial charge in [0.25, 0.3) is 0 Å². The molecule has 148 valence electrons. The van der Waals surface area contributed by atoms with E-state index < -0.39 is 35.1 Å². The van der Waals surface area contributed by atoms with E-state index >= 15 is 0 Å². The average molecular weight is 394 g/mol. The van der Waals surface area contributed by atoms with E-state index in [9.17, 15) is 19.6 Å². The maximum atomic E-state index is 12.9. The number of carbonyl (C=O) groups is 3. The molecule has 1 saturated heterocycles. The number of ketones is 1. The van der Waals surface area contributed by atoms with Gasteiger partial charge in [-0.15, -0.1) is 0 Å². The highest BCUT2D eigenvalue weighted by Crippen LogP contribution is 2.64. The molecule has 1 aromatic rings. The Bertz CT molecular complexity index is 1060. The standard InChI is InChI=1S/C21H18N2O6/c1-11(24)27-15-4-3-13-9-16-21(29-12(2)25)6-5-14(26)19-20(21,7-8-23(16)10-22)17(13)18(15)28-19/h3-6,16,19H,7-9H2,1-2H3/t16-,19+,20+,21-/m1/s1. The maximum Gasteiger partial charge on any atom is 0.308 e. The van der Waals surface area contributed by atoms with Gasteiger partial charge < -0.3 is 19.1 Å². The third kappa shape index (κ3) is 2.00. The molecule has 0 unspecified atom stereocenters. The van der Waals surface area contributed by atoms with Crippen LogP contribution in [0.25, 0.3) is 0 Å². The Morgan fingerprint density at radius 2 is 2.10 bits per heavy atom. The van der Waals surface area contributed by atoms with Gasteiger partial charge in [0.05, 0.1) is 11.5 Å². The van der Waals surface area contributed by atoms with Crippen LogP contribution in [-0.2, 0) is 31.0 Å². The number of hydrogen-bond donors (Lipinski definition) is 0. The Hall–Kier alpha value is -3.34. The minimum absolute atomic E-state index is 0.241. The van der Waals surface area contributed by atoms with E-state index in [2.05, 4.69) is 6.19 Å². The van der Waals surface area contributed by atoms with Crippen LogP contribution in [0.2, 0.25) is 0 Å². The minimum atomic E-state index is -1.22. The highest BCUT2D eigenvalue weighted by atomic mass is 16.6. The van der Waals surface area contributed by atoms with Crippen molar-refractivity contribution in [1.82, 2.24) is 4.90 Å². The molecule has 1 fully saturated rings. The van der Waals surface area contributed by atoms with Crippen LogP contribution in [0.1, 0.15) is 31.4 Å². The van der Waals surface area contributed by atoms with Gasteiger partial charge in [0.2, 0.25) is 0 Å². The summed E-state index contributed by atoms with van der Waals surface area (Å²) in [6.07, 6.45) is 5.11. The molecule has 0 radical (unpaired) electrons. The van der Waals surface area contributed by atoms with Crippen molar-refractivity contribution in [2.75, 3.05) is 6.54 Å². The van der Waals surface area contributed by atoms with E-state index in [-0.39, 0.29) is 11.5 Å². The molecule has 4 aliphatic rings. The molecule has 0 amide bonds. The zero-order valence-electron chi connectivity index (χ0n) is 15.9. The Balaban J connectivity index is 1.84. The smallest absolute Gasteiger partial charge is 0.308 e. The fourth-order valence-corrected chi connectivity index (χ4v) is 5.67. The largest absolute Gasteiger partial charge is 0.477 e. The molecular weight excluding hydrogens is 376 g/mol. The van der Waals surface area contributed by atoms with Crippen molar-refractivity contribution in [2.24, 2.45) is 0 Å². The third-order valence-corrected chi connectivity index (χ3v) is 6.51. The second-order valence-corrected chi connectivity index (χ2v) is 7.88. The van der Waals surface area contributed by atoms with Crippen molar-refractivity contribution in [1.29, 1.82) is 5.26 Å². The van der Waals surface area contributed by atoms with Crippen LogP contribution in [0, 0.1) is 11.5 Å². The second-order valence-electron chi connectivity index (χ2n) is 7.88. The molecule has 1 spiro atoms. The number of piperidine rings is 1. The quantitative estimate of drug-likeness (QED) is 0.418. The second kappa shape index (κ2) is 5.60. The summed E-state index contributed by atoms with van der Waals surface area (Å²) in [5.41, 5.74) is -0.552. The molecule has 0 saturated carbocycles. The number of rotatable bonds is 2. The number of benzene rings is 1. The SMILES string of the molecule is CC(=O)Oc1ccc2c3c1O[C@H]1C(=O)C=C[C@@]4(OC(C)=O)[C@@H](C2)N(C#N)CC[C@]314. The van der Waals surface area contributed by atoms with Gasteiger partial charge in [0, 0.05) is 26.0 Å². The highest BCUT2D eigenvalue weighted by Gasteiger charge is 2.74. The number of nitriles is 1. The highest BCUT2D eigenvalue weighted by molar-refractivity contribution is 5.99. The van der Waals surface area contributed by atoms with E-state index in [1.54, 1.807) is 17.0 Å². The fraction of sp³-hybridized carbons (Fsp3) is 0.429. The van der Waals surface area contributed by atoms with Crippen LogP contribution in [0.4, 0.5) is 0 Å². The molecule has 0 N–H and O–H groups in total. The average Bonchev–Trinajstić information content (AvgIpc) is 3.00. The topological polar surface area (TPSA) is 106 Å². The lowest BCUT2D eigenvalue weighted by atomic mass is 9.50. The van der Waals surface area contributed by atoms with Crippen molar-refractivity contribution >= 4 is 17.7 Å². The van der Waals surface area contributed by atoms with Gasteiger partial charge in [0.15, 0.2) is 35.2 Å². The zero-order valence-corrected chi connectivity index (χ0v) is 15.9. The minimum Gasteiger partial charge on any atom is -0.477 e. The molecule has 0 aromatic heterocycles. The van der Waals surface area contributed by atoms with Crippen molar-refractivity contribution in [3.05, 3.63) is 35.4 Å². The predicted molar refractivity (Wildman–Crippen MR) is 96.9 cm³/mol. The Labute approximate surface area is 166 Å². The molecule has 2 heterocycles. The van der Waals surface area contributed by atoms with E-state index in [4.69, 9.17) is 14.2 Å². The van der Waals surface area contributed by atoms with Gasteiger partial charge in [-0.2, -0.15) is 5.26 Å². The van der Waals surface area contributed by atoms with Crippen molar-refractivity contribution in [2.45, 2.75) is 49.9 Å². The summed E-state index contributed by atoms with van der Waals surface area (Å²) in [5, 5.41) is 9.72. The van der Waals surface area contributed by atoms with E-state index in [0.29, 0.717) is 25.1 Å². The summed E-state index contributed by atoms with van der Waals surface area (Å²) >= 11 is 0. The van der Waals surface area contributed by atoms with Crippen molar-refractivity contribution < 1.29 is 28.6 Å². The van der Waals surface area contributed by atoms with Gasteiger partial charge in [-0.1, -0.05) is 6.07 Å². The third-order valence-electron chi connectivity index (χ3n) is 6.51. The number of ether oxygens (including phenoxy) is 3. The Morgan fingerprint density at radius 3 is 2.79 bits per heavy atom. The first-order valence-electron chi connectivity index (χ1n) is 9.44. The van der Waals surface area contributed by atoms with Crippen LogP contribution in [0.3, 0.4) is 0 Å². The lowest BCUT2D eigenvalue weighted by molar-refractivity contribution is -0.186. The molecule has 2 aliphatic heterocycles. The molecule has 8 nitrogen and oxygen atoms in total. The van der Waals surface area contributed by atoms with Gasteiger partial charge in [0.1, 0.15) is 0 Å². The zero-order chi connectivity index (χ0) is 20.6. The van der Waals surface area contributed by atoms with E-state index in [1.807, 2.05) is 6.07 Å². The number of likely N-dealkylation sites (tertiary alicyclic amines) is 1. The van der Waals surface area contributed by atoms with Gasteiger partial charge in [-0.3, -0.25) is 14.4 Å². The summed E-state index contributed by atoms with van der Waals surface area (Å²) in [5.74, 6) is -0.651. The Kier molecular flexibility index (Phi) is 3.42. The first kappa shape index (κ1) is 17.7. The van der Waals surface area contributed by atoms with Gasteiger partial charge in [-0.05, 0) is 36.6 Å². The molecule has 4 atom stereocenters. The molecule has 8 heteroatoms. The first-order chi connectivity index (χ1) is 13.8. The molecule has 1 aromatic carbocycles. The summed E-state index contributed by atoms with van der Waals surface area (Å²) in [6, 6.07) is 3.02. The van der Waals surface area contributed by atoms with Crippen LogP contribution in [0.15, 0.2) is 24.3 Å². The monoisotopic (exact) mass is 394 g/mol. The molecule has 5 rings (SSSR count). The summed E-state index contributed by atoms with van der Waals surface area (Å²) in [7, 11) is 0. The lowest BCUT2D eigenvalue weighted by Crippen LogP contribution is -2.75. The number of esters is 2. The normalized spacial score (nSPS) is 32.7. The van der Waals surface area contributed by atoms with E-state index in [0.717, 1.165) is 11.1 Å². The fourth-order valence-electron chi connectivity index (χ4n) is 5.67. The van der Waals surface area contributed by atoms with Crippen LogP contribution < -0.4 is 9.47 Å². The van der Waals surface area contributed by atoms with Crippen LogP contribution >= 0.6 is 0 Å². The summed E-state index contributed by atoms with van der Waals surface area (Å²) in [6.45, 7) is 3.02. The van der Waals surface area contributed by atoms with Gasteiger partial charge >= 0.3 is 11.9 Å².